The summed E-state index contributed by atoms with van der Waals surface area (Å²) in [5, 5.41) is 13.5. The lowest BCUT2D eigenvalue weighted by Crippen LogP contribution is -2.34. The van der Waals surface area contributed by atoms with E-state index in [1.165, 1.54) is 0 Å². The number of halogens is 1. The smallest absolute Gasteiger partial charge is 0.332 e. The number of carboxylic acid groups (broad SMARTS) is 1. The Morgan fingerprint density at radius 2 is 1.63 bits per heavy atom. The van der Waals surface area contributed by atoms with E-state index in [9.17, 15) is 4.79 Å². The van der Waals surface area contributed by atoms with E-state index in [-0.39, 0.29) is 12.4 Å². The maximum Gasteiger partial charge on any atom is 0.332 e. The third-order valence-corrected chi connectivity index (χ3v) is 4.25. The number of carboxylic acids is 1. The summed E-state index contributed by atoms with van der Waals surface area (Å²) >= 11 is 0. The Labute approximate surface area is 165 Å². The monoisotopic (exact) mass is 386 g/mol. The molecule has 1 aliphatic heterocycles. The summed E-state index contributed by atoms with van der Waals surface area (Å²) < 4.78 is 0. The van der Waals surface area contributed by atoms with Gasteiger partial charge < -0.3 is 9.94 Å². The maximum atomic E-state index is 11.1. The Hall–Kier alpha value is -2.63. The molecular weight excluding hydrogens is 364 g/mol. The molecule has 0 aliphatic carbocycles. The van der Waals surface area contributed by atoms with Crippen LogP contribution in [0.4, 0.5) is 0 Å². The number of hydrogen-bond donors (Lipinski definition) is 1. The second-order valence-electron chi connectivity index (χ2n) is 6.10. The molecule has 0 fully saturated rings. The quantitative estimate of drug-likeness (QED) is 0.448. The van der Waals surface area contributed by atoms with Crippen LogP contribution in [0.2, 0.25) is 0 Å². The number of aliphatic carboxylic acids is 1. The normalized spacial score (nSPS) is 13.9. The molecule has 5 nitrogen and oxygen atoms in total. The van der Waals surface area contributed by atoms with Gasteiger partial charge in [-0.2, -0.15) is 0 Å². The van der Waals surface area contributed by atoms with Crippen molar-refractivity contribution in [1.29, 1.82) is 0 Å². The molecule has 0 bridgehead atoms. The summed E-state index contributed by atoms with van der Waals surface area (Å²) in [6.07, 6.45) is 2.55. The van der Waals surface area contributed by atoms with Crippen LogP contribution < -0.4 is 0 Å². The van der Waals surface area contributed by atoms with Crippen LogP contribution in [-0.2, 0) is 9.63 Å². The Balaban J connectivity index is 0.00000261. The fraction of sp³-hybridized carbons (Fsp3) is 0.238. The Morgan fingerprint density at radius 3 is 2.19 bits per heavy atom. The van der Waals surface area contributed by atoms with Crippen molar-refractivity contribution in [2.45, 2.75) is 6.42 Å². The van der Waals surface area contributed by atoms with E-state index in [0.717, 1.165) is 29.8 Å². The predicted molar refractivity (Wildman–Crippen MR) is 108 cm³/mol. The highest BCUT2D eigenvalue weighted by Gasteiger charge is 2.17. The molecule has 0 radical (unpaired) electrons. The first-order chi connectivity index (χ1) is 12.7. The van der Waals surface area contributed by atoms with Crippen molar-refractivity contribution in [2.24, 2.45) is 5.16 Å². The van der Waals surface area contributed by atoms with E-state index >= 15 is 0 Å². The minimum Gasteiger partial charge on any atom is -0.478 e. The lowest BCUT2D eigenvalue weighted by molar-refractivity contribution is -0.133. The molecule has 0 saturated heterocycles. The Kier molecular flexibility index (Phi) is 8.04. The SMILES string of the molecule is Cl.O=C(O)C1=CCCN(CCON=C(c2ccccc2)c2ccccc2)C1. The van der Waals surface area contributed by atoms with Crippen molar-refractivity contribution in [3.05, 3.63) is 83.4 Å². The van der Waals surface area contributed by atoms with E-state index in [2.05, 4.69) is 10.1 Å². The zero-order valence-electron chi connectivity index (χ0n) is 15.0. The van der Waals surface area contributed by atoms with E-state index in [4.69, 9.17) is 9.94 Å². The zero-order valence-corrected chi connectivity index (χ0v) is 15.8. The van der Waals surface area contributed by atoms with E-state index in [1.807, 2.05) is 60.7 Å². The first kappa shape index (κ1) is 20.7. The van der Waals surface area contributed by atoms with Crippen LogP contribution in [0.1, 0.15) is 17.5 Å². The molecule has 6 heteroatoms. The van der Waals surface area contributed by atoms with Crippen molar-refractivity contribution < 1.29 is 14.7 Å². The largest absolute Gasteiger partial charge is 0.478 e. The molecule has 27 heavy (non-hydrogen) atoms. The molecule has 0 atom stereocenters. The molecule has 0 spiro atoms. The molecular formula is C21H23ClN2O3. The zero-order chi connectivity index (χ0) is 18.2. The first-order valence-electron chi connectivity index (χ1n) is 8.69. The number of carbonyl (C=O) groups is 1. The van der Waals surface area contributed by atoms with Gasteiger partial charge in [0, 0.05) is 36.3 Å². The molecule has 1 heterocycles. The van der Waals surface area contributed by atoms with Crippen LogP contribution in [0.15, 0.2) is 77.5 Å². The molecule has 2 aromatic rings. The molecule has 0 unspecified atom stereocenters. The molecule has 0 amide bonds. The van der Waals surface area contributed by atoms with Gasteiger partial charge in [0.15, 0.2) is 0 Å². The van der Waals surface area contributed by atoms with Gasteiger partial charge in [0.05, 0.1) is 0 Å². The van der Waals surface area contributed by atoms with E-state index in [1.54, 1.807) is 6.08 Å². The topological polar surface area (TPSA) is 62.1 Å². The van der Waals surface area contributed by atoms with Crippen LogP contribution in [0.5, 0.6) is 0 Å². The summed E-state index contributed by atoms with van der Waals surface area (Å²) in [7, 11) is 0. The van der Waals surface area contributed by atoms with Crippen LogP contribution in [0.3, 0.4) is 0 Å². The van der Waals surface area contributed by atoms with Crippen LogP contribution >= 0.6 is 12.4 Å². The first-order valence-corrected chi connectivity index (χ1v) is 8.69. The van der Waals surface area contributed by atoms with Crippen molar-refractivity contribution >= 4 is 24.1 Å². The lowest BCUT2D eigenvalue weighted by atomic mass is 10.0. The van der Waals surface area contributed by atoms with Crippen molar-refractivity contribution in [3.63, 3.8) is 0 Å². The van der Waals surface area contributed by atoms with Crippen molar-refractivity contribution in [1.82, 2.24) is 4.90 Å². The van der Waals surface area contributed by atoms with Crippen LogP contribution in [0.25, 0.3) is 0 Å². The molecule has 1 N–H and O–H groups in total. The fourth-order valence-corrected chi connectivity index (χ4v) is 2.90. The molecule has 0 saturated carbocycles. The molecule has 3 rings (SSSR count). The molecule has 1 aliphatic rings. The number of oxime groups is 1. The van der Waals surface area contributed by atoms with Gasteiger partial charge in [-0.3, -0.25) is 4.90 Å². The Bertz CT molecular complexity index is 750. The third-order valence-electron chi connectivity index (χ3n) is 4.25. The minimum atomic E-state index is -0.843. The van der Waals surface area contributed by atoms with Gasteiger partial charge in [-0.15, -0.1) is 12.4 Å². The van der Waals surface area contributed by atoms with Gasteiger partial charge in [-0.1, -0.05) is 71.9 Å². The summed E-state index contributed by atoms with van der Waals surface area (Å²) in [5.41, 5.74) is 3.23. The average Bonchev–Trinajstić information content (AvgIpc) is 2.69. The standard InChI is InChI=1S/C21H22N2O3.ClH/c24-21(25)19-12-7-13-23(16-19)14-15-26-22-20(17-8-3-1-4-9-17)18-10-5-2-6-11-18;/h1-6,8-12H,7,13-16H2,(H,24,25);1H. The van der Waals surface area contributed by atoms with Gasteiger partial charge in [-0.25, -0.2) is 4.79 Å². The molecule has 0 aromatic heterocycles. The second kappa shape index (κ2) is 10.5. The number of hydrogen-bond acceptors (Lipinski definition) is 4. The number of benzene rings is 2. The summed E-state index contributed by atoms with van der Waals surface area (Å²) in [6, 6.07) is 19.8. The molecule has 142 valence electrons. The average molecular weight is 387 g/mol. The van der Waals surface area contributed by atoms with Crippen LogP contribution in [-0.4, -0.2) is 47.9 Å². The maximum absolute atomic E-state index is 11.1. The van der Waals surface area contributed by atoms with Gasteiger partial charge >= 0.3 is 5.97 Å². The van der Waals surface area contributed by atoms with Gasteiger partial charge in [0.1, 0.15) is 12.3 Å². The van der Waals surface area contributed by atoms with Crippen molar-refractivity contribution in [3.8, 4) is 0 Å². The second-order valence-corrected chi connectivity index (χ2v) is 6.10. The predicted octanol–water partition coefficient (Wildman–Crippen LogP) is 3.59. The fourth-order valence-electron chi connectivity index (χ4n) is 2.90. The third kappa shape index (κ3) is 5.94. The highest BCUT2D eigenvalue weighted by molar-refractivity contribution is 6.12. The highest BCUT2D eigenvalue weighted by atomic mass is 35.5. The highest BCUT2D eigenvalue weighted by Crippen LogP contribution is 2.12. The molecule has 2 aromatic carbocycles. The lowest BCUT2D eigenvalue weighted by Gasteiger charge is -2.24. The Morgan fingerprint density at radius 1 is 1.04 bits per heavy atom. The van der Waals surface area contributed by atoms with Gasteiger partial charge in [-0.05, 0) is 6.42 Å². The number of nitrogens with zero attached hydrogens (tertiary/aromatic N) is 2. The summed E-state index contributed by atoms with van der Waals surface area (Å²) in [5.74, 6) is -0.843. The summed E-state index contributed by atoms with van der Waals surface area (Å²) in [6.45, 7) is 2.35. The van der Waals surface area contributed by atoms with Gasteiger partial charge in [0.2, 0.25) is 0 Å². The van der Waals surface area contributed by atoms with Crippen molar-refractivity contribution in [2.75, 3.05) is 26.2 Å². The minimum absolute atomic E-state index is 0. The van der Waals surface area contributed by atoms with Gasteiger partial charge in [0.25, 0.3) is 0 Å². The van der Waals surface area contributed by atoms with E-state index in [0.29, 0.717) is 25.3 Å². The number of rotatable bonds is 7. The van der Waals surface area contributed by atoms with Crippen LogP contribution in [0, 0.1) is 0 Å². The summed E-state index contributed by atoms with van der Waals surface area (Å²) in [4.78, 5) is 18.7. The van der Waals surface area contributed by atoms with E-state index < -0.39 is 5.97 Å².